The van der Waals surface area contributed by atoms with Crippen LogP contribution in [-0.4, -0.2) is 65.7 Å². The third-order valence-electron chi connectivity index (χ3n) is 7.84. The number of piperazine rings is 1. The van der Waals surface area contributed by atoms with Crippen LogP contribution in [0.1, 0.15) is 16.8 Å². The van der Waals surface area contributed by atoms with Gasteiger partial charge < -0.3 is 19.1 Å². The molecule has 0 bridgehead atoms. The Balaban J connectivity index is 0.975. The van der Waals surface area contributed by atoms with E-state index in [1.165, 1.54) is 23.4 Å². The van der Waals surface area contributed by atoms with Crippen molar-refractivity contribution in [1.82, 2.24) is 14.9 Å². The molecule has 2 aliphatic heterocycles. The Morgan fingerprint density at radius 3 is 2.40 bits per heavy atom. The van der Waals surface area contributed by atoms with Crippen LogP contribution >= 0.6 is 15.9 Å². The molecule has 0 N–H and O–H groups in total. The fourth-order valence-corrected chi connectivity index (χ4v) is 5.99. The highest BCUT2D eigenvalue weighted by atomic mass is 79.9. The molecule has 3 heterocycles. The molecular formula is C33H34BrFN4O3. The van der Waals surface area contributed by atoms with Crippen molar-refractivity contribution in [1.29, 1.82) is 0 Å². The lowest BCUT2D eigenvalue weighted by Gasteiger charge is -2.36. The zero-order valence-corrected chi connectivity index (χ0v) is 25.2. The van der Waals surface area contributed by atoms with E-state index in [-0.39, 0.29) is 11.9 Å². The predicted molar refractivity (Wildman–Crippen MR) is 164 cm³/mol. The first-order valence-electron chi connectivity index (χ1n) is 14.2. The molecule has 0 amide bonds. The number of nitrogens with zero attached hydrogens (tertiary/aromatic N) is 4. The molecule has 2 unspecified atom stereocenters. The number of rotatable bonds is 9. The summed E-state index contributed by atoms with van der Waals surface area (Å²) < 4.78 is 31.6. The van der Waals surface area contributed by atoms with Crippen molar-refractivity contribution in [2.45, 2.75) is 25.4 Å². The summed E-state index contributed by atoms with van der Waals surface area (Å²) in [7, 11) is 0. The Hall–Kier alpha value is -3.37. The number of aromatic nitrogens is 2. The normalized spacial score (nSPS) is 21.0. The minimum Gasteiger partial charge on any atom is -0.491 e. The first-order chi connectivity index (χ1) is 20.5. The van der Waals surface area contributed by atoms with Gasteiger partial charge >= 0.3 is 0 Å². The lowest BCUT2D eigenvalue weighted by atomic mass is 10.1. The molecule has 2 fully saturated rings. The van der Waals surface area contributed by atoms with Crippen LogP contribution in [0, 0.1) is 12.7 Å². The highest BCUT2D eigenvalue weighted by Crippen LogP contribution is 2.36. The Morgan fingerprint density at radius 2 is 1.71 bits per heavy atom. The van der Waals surface area contributed by atoms with E-state index in [4.69, 9.17) is 19.2 Å². The summed E-state index contributed by atoms with van der Waals surface area (Å²) in [6.07, 6.45) is 1.74. The van der Waals surface area contributed by atoms with Gasteiger partial charge in [-0.25, -0.2) is 14.4 Å². The Bertz CT molecular complexity index is 1470. The van der Waals surface area contributed by atoms with Crippen LogP contribution in [0.5, 0.6) is 5.75 Å². The summed E-state index contributed by atoms with van der Waals surface area (Å²) in [6, 6.07) is 24.5. The minimum atomic E-state index is -0.939. The summed E-state index contributed by atoms with van der Waals surface area (Å²) in [6.45, 7) is 7.53. The maximum Gasteiger partial charge on any atom is 0.205 e. The third kappa shape index (κ3) is 6.49. The van der Waals surface area contributed by atoms with Gasteiger partial charge in [0, 0.05) is 67.0 Å². The lowest BCUT2D eigenvalue weighted by molar-refractivity contribution is -0.159. The van der Waals surface area contributed by atoms with E-state index in [1.807, 2.05) is 48.7 Å². The van der Waals surface area contributed by atoms with Gasteiger partial charge in [-0.15, -0.1) is 0 Å². The average molecular weight is 634 g/mol. The largest absolute Gasteiger partial charge is 0.491 e. The van der Waals surface area contributed by atoms with Crippen molar-refractivity contribution in [3.8, 4) is 17.1 Å². The summed E-state index contributed by atoms with van der Waals surface area (Å²) in [5.41, 5.74) is 5.20. The van der Waals surface area contributed by atoms with Gasteiger partial charge in [0.1, 0.15) is 24.3 Å². The lowest BCUT2D eigenvalue weighted by Crippen LogP contribution is -2.46. The van der Waals surface area contributed by atoms with Gasteiger partial charge in [0.05, 0.1) is 11.9 Å². The van der Waals surface area contributed by atoms with Gasteiger partial charge in [-0.05, 0) is 43.3 Å². The van der Waals surface area contributed by atoms with E-state index in [1.54, 1.807) is 12.1 Å². The molecule has 2 saturated heterocycles. The molecule has 2 atom stereocenters. The second kappa shape index (κ2) is 12.9. The van der Waals surface area contributed by atoms with Crippen molar-refractivity contribution >= 4 is 21.6 Å². The molecular weight excluding hydrogens is 599 g/mol. The van der Waals surface area contributed by atoms with E-state index >= 15 is 0 Å². The molecule has 9 heteroatoms. The van der Waals surface area contributed by atoms with Crippen LogP contribution in [0.3, 0.4) is 0 Å². The van der Waals surface area contributed by atoms with Crippen molar-refractivity contribution in [3.63, 3.8) is 0 Å². The highest BCUT2D eigenvalue weighted by Gasteiger charge is 2.42. The summed E-state index contributed by atoms with van der Waals surface area (Å²) in [5, 5.41) is 0.442. The zero-order valence-electron chi connectivity index (χ0n) is 23.6. The minimum absolute atomic E-state index is 0.232. The van der Waals surface area contributed by atoms with Gasteiger partial charge in [-0.2, -0.15) is 0 Å². The van der Waals surface area contributed by atoms with E-state index in [9.17, 15) is 4.39 Å². The molecule has 0 saturated carbocycles. The number of benzene rings is 3. The summed E-state index contributed by atoms with van der Waals surface area (Å²) >= 11 is 3.49. The van der Waals surface area contributed by atoms with Gasteiger partial charge in [0.2, 0.25) is 5.79 Å². The molecule has 1 aromatic heterocycles. The van der Waals surface area contributed by atoms with Gasteiger partial charge in [-0.3, -0.25) is 4.90 Å². The maximum absolute atomic E-state index is 13.4. The van der Waals surface area contributed by atoms with Crippen molar-refractivity contribution in [2.24, 2.45) is 0 Å². The smallest absolute Gasteiger partial charge is 0.205 e. The zero-order chi connectivity index (χ0) is 28.9. The molecule has 42 heavy (non-hydrogen) atoms. The Kier molecular flexibility index (Phi) is 8.81. The molecule has 0 spiro atoms. The standard InChI is InChI=1S/C33H34BrFN4O3/c1-24-26(19-36-32(37-24)25-5-3-2-4-6-25)20-38-15-17-39(18-16-38)29-11-13-30(14-12-29)40-21-31-22-41-33(23-34,42-31)27-7-9-28(35)10-8-27/h2-14,19,31H,15-18,20-23H2,1H3. The number of hydrogen-bond acceptors (Lipinski definition) is 7. The molecule has 6 rings (SSSR count). The molecule has 7 nitrogen and oxygen atoms in total. The van der Waals surface area contributed by atoms with Crippen LogP contribution in [0.2, 0.25) is 0 Å². The van der Waals surface area contributed by atoms with Crippen LogP contribution in [0.25, 0.3) is 11.4 Å². The number of hydrogen-bond donors (Lipinski definition) is 0. The Morgan fingerprint density at radius 1 is 0.976 bits per heavy atom. The molecule has 2 aliphatic rings. The fourth-order valence-electron chi connectivity index (χ4n) is 5.37. The van der Waals surface area contributed by atoms with E-state index in [0.29, 0.717) is 18.5 Å². The second-order valence-corrected chi connectivity index (χ2v) is 11.2. The Labute approximate surface area is 254 Å². The first kappa shape index (κ1) is 28.7. The molecule has 3 aromatic carbocycles. The third-order valence-corrected chi connectivity index (χ3v) is 8.57. The van der Waals surface area contributed by atoms with E-state index < -0.39 is 5.79 Å². The van der Waals surface area contributed by atoms with E-state index in [0.717, 1.165) is 61.1 Å². The quantitative estimate of drug-likeness (QED) is 0.211. The van der Waals surface area contributed by atoms with Gasteiger partial charge in [-0.1, -0.05) is 58.4 Å². The average Bonchev–Trinajstić information content (AvgIpc) is 3.47. The van der Waals surface area contributed by atoms with Crippen LogP contribution in [0.4, 0.5) is 10.1 Å². The number of aryl methyl sites for hydroxylation is 1. The molecule has 0 aliphatic carbocycles. The van der Waals surface area contributed by atoms with Crippen LogP contribution in [-0.2, 0) is 21.8 Å². The number of anilines is 1. The molecule has 0 radical (unpaired) electrons. The SMILES string of the molecule is Cc1nc(-c2ccccc2)ncc1CN1CCN(c2ccc(OCC3COC(CBr)(c4ccc(F)cc4)O3)cc2)CC1. The number of ether oxygens (including phenoxy) is 3. The van der Waals surface area contributed by atoms with Gasteiger partial charge in [0.25, 0.3) is 0 Å². The molecule has 218 valence electrons. The number of alkyl halides is 1. The predicted octanol–water partition coefficient (Wildman–Crippen LogP) is 5.96. The fraction of sp³-hybridized carbons (Fsp3) is 0.333. The van der Waals surface area contributed by atoms with Crippen molar-refractivity contribution in [2.75, 3.05) is 49.6 Å². The van der Waals surface area contributed by atoms with Crippen LogP contribution < -0.4 is 9.64 Å². The van der Waals surface area contributed by atoms with Crippen molar-refractivity contribution in [3.05, 3.63) is 108 Å². The van der Waals surface area contributed by atoms with Crippen molar-refractivity contribution < 1.29 is 18.6 Å². The monoisotopic (exact) mass is 632 g/mol. The van der Waals surface area contributed by atoms with E-state index in [2.05, 4.69) is 49.8 Å². The summed E-state index contributed by atoms with van der Waals surface area (Å²) in [5.74, 6) is 0.330. The number of halogens is 2. The first-order valence-corrected chi connectivity index (χ1v) is 15.4. The summed E-state index contributed by atoms with van der Waals surface area (Å²) in [4.78, 5) is 14.3. The highest BCUT2D eigenvalue weighted by molar-refractivity contribution is 9.09. The van der Waals surface area contributed by atoms with Gasteiger partial charge in [0.15, 0.2) is 5.82 Å². The topological polar surface area (TPSA) is 60.0 Å². The molecule has 4 aromatic rings. The van der Waals surface area contributed by atoms with Crippen LogP contribution in [0.15, 0.2) is 85.1 Å². The maximum atomic E-state index is 13.4. The second-order valence-electron chi connectivity index (χ2n) is 10.7.